The van der Waals surface area contributed by atoms with Gasteiger partial charge in [-0.2, -0.15) is 0 Å². The predicted molar refractivity (Wildman–Crippen MR) is 112 cm³/mol. The zero-order valence-corrected chi connectivity index (χ0v) is 18.3. The highest BCUT2D eigenvalue weighted by molar-refractivity contribution is 5.91. The Balaban J connectivity index is 1.77. The van der Waals surface area contributed by atoms with Crippen molar-refractivity contribution in [1.82, 2.24) is 25.8 Å². The number of amides is 4. The zero-order valence-electron chi connectivity index (χ0n) is 18.3. The molecule has 1 unspecified atom stereocenters. The number of nitrogens with two attached hydrogens (primary N) is 1. The van der Waals surface area contributed by atoms with Gasteiger partial charge in [-0.3, -0.25) is 19.2 Å². The summed E-state index contributed by atoms with van der Waals surface area (Å²) >= 11 is 0. The molecule has 2 saturated heterocycles. The first-order valence-corrected chi connectivity index (χ1v) is 10.7. The molecule has 2 heterocycles. The third-order valence-electron chi connectivity index (χ3n) is 5.87. The van der Waals surface area contributed by atoms with Crippen LogP contribution >= 0.6 is 0 Å². The van der Waals surface area contributed by atoms with Crippen molar-refractivity contribution in [1.29, 1.82) is 0 Å². The third kappa shape index (κ3) is 6.40. The zero-order chi connectivity index (χ0) is 22.3. The minimum absolute atomic E-state index is 0.0281. The lowest BCUT2D eigenvalue weighted by molar-refractivity contribution is -0.148. The summed E-state index contributed by atoms with van der Waals surface area (Å²) in [6.45, 7) is 6.69. The van der Waals surface area contributed by atoms with E-state index in [0.29, 0.717) is 32.6 Å². The first kappa shape index (κ1) is 24.1. The largest absolute Gasteiger partial charge is 0.345 e. The van der Waals surface area contributed by atoms with Crippen molar-refractivity contribution in [2.75, 3.05) is 52.9 Å². The summed E-state index contributed by atoms with van der Waals surface area (Å²) in [5, 5.41) is 8.15. The van der Waals surface area contributed by atoms with Gasteiger partial charge in [0.25, 0.3) is 0 Å². The van der Waals surface area contributed by atoms with E-state index >= 15 is 0 Å². The molecule has 0 bridgehead atoms. The summed E-state index contributed by atoms with van der Waals surface area (Å²) in [5.41, 5.74) is 5.51. The highest BCUT2D eigenvalue weighted by Crippen LogP contribution is 2.40. The van der Waals surface area contributed by atoms with Gasteiger partial charge in [-0.25, -0.2) is 0 Å². The van der Waals surface area contributed by atoms with Gasteiger partial charge in [0.15, 0.2) is 0 Å². The van der Waals surface area contributed by atoms with Crippen LogP contribution in [0.15, 0.2) is 0 Å². The summed E-state index contributed by atoms with van der Waals surface area (Å²) in [5.74, 6) is -0.534. The fourth-order valence-electron chi connectivity index (χ4n) is 4.12. The van der Waals surface area contributed by atoms with Crippen LogP contribution in [-0.4, -0.2) is 92.3 Å². The van der Waals surface area contributed by atoms with E-state index in [0.717, 1.165) is 12.8 Å². The number of rotatable bonds is 9. The van der Waals surface area contributed by atoms with Gasteiger partial charge in [0.05, 0.1) is 19.6 Å². The predicted octanol–water partition coefficient (Wildman–Crippen LogP) is -1.74. The Morgan fingerprint density at radius 1 is 1.00 bits per heavy atom. The fourth-order valence-corrected chi connectivity index (χ4v) is 4.12. The van der Waals surface area contributed by atoms with Crippen LogP contribution in [0.2, 0.25) is 0 Å². The Bertz CT molecular complexity index is 637. The summed E-state index contributed by atoms with van der Waals surface area (Å²) in [6, 6.07) is -0.663. The van der Waals surface area contributed by atoms with Crippen molar-refractivity contribution in [3.8, 4) is 0 Å². The molecule has 0 aromatic rings. The number of nitrogens with zero attached hydrogens (tertiary/aromatic N) is 2. The summed E-state index contributed by atoms with van der Waals surface area (Å²) < 4.78 is 0. The molecule has 1 spiro atoms. The Hall–Kier alpha value is -2.20. The van der Waals surface area contributed by atoms with Crippen molar-refractivity contribution < 1.29 is 19.2 Å². The van der Waals surface area contributed by atoms with Crippen molar-refractivity contribution in [3.05, 3.63) is 0 Å². The lowest BCUT2D eigenvalue weighted by Gasteiger charge is -2.54. The molecule has 2 aliphatic heterocycles. The molecule has 0 radical (unpaired) electrons. The average Bonchev–Trinajstić information content (AvgIpc) is 2.68. The first-order chi connectivity index (χ1) is 14.2. The normalized spacial score (nSPS) is 18.7. The minimum Gasteiger partial charge on any atom is -0.345 e. The molecule has 170 valence electrons. The number of piperidine rings is 1. The highest BCUT2D eigenvalue weighted by atomic mass is 16.2. The molecule has 2 rings (SSSR count). The molecule has 0 aromatic carbocycles. The van der Waals surface area contributed by atoms with Gasteiger partial charge >= 0.3 is 0 Å². The van der Waals surface area contributed by atoms with Crippen molar-refractivity contribution >= 4 is 23.6 Å². The summed E-state index contributed by atoms with van der Waals surface area (Å²) in [4.78, 5) is 52.1. The third-order valence-corrected chi connectivity index (χ3v) is 5.87. The molecular weight excluding hydrogens is 388 g/mol. The topological polar surface area (TPSA) is 137 Å². The molecule has 2 aliphatic rings. The molecule has 0 aromatic heterocycles. The standard InChI is InChI=1S/C20H36N6O4/c1-14(2)8-15(24-16(27)10-22-3)19(30)23-11-18(29)25-6-4-20(5-7-25)12-26(13-20)17(28)9-21/h14-15,22H,4-13,21H2,1-3H3,(H,23,30)(H,24,27). The lowest BCUT2D eigenvalue weighted by Crippen LogP contribution is -2.63. The second kappa shape index (κ2) is 10.7. The molecule has 0 saturated carbocycles. The van der Waals surface area contributed by atoms with E-state index in [1.165, 1.54) is 0 Å². The Morgan fingerprint density at radius 2 is 1.63 bits per heavy atom. The maximum Gasteiger partial charge on any atom is 0.243 e. The van der Waals surface area contributed by atoms with E-state index in [-0.39, 0.29) is 54.6 Å². The van der Waals surface area contributed by atoms with E-state index in [1.54, 1.807) is 16.8 Å². The quantitative estimate of drug-likeness (QED) is 0.347. The van der Waals surface area contributed by atoms with Gasteiger partial charge in [-0.05, 0) is 32.2 Å². The highest BCUT2D eigenvalue weighted by Gasteiger charge is 2.46. The van der Waals surface area contributed by atoms with Gasteiger partial charge < -0.3 is 31.5 Å². The number of carbonyl (C=O) groups is 4. The Morgan fingerprint density at radius 3 is 2.17 bits per heavy atom. The summed E-state index contributed by atoms with van der Waals surface area (Å²) in [6.07, 6.45) is 2.19. The first-order valence-electron chi connectivity index (χ1n) is 10.7. The molecule has 5 N–H and O–H groups in total. The number of nitrogens with one attached hydrogen (secondary N) is 3. The van der Waals surface area contributed by atoms with Crippen LogP contribution in [0.4, 0.5) is 0 Å². The minimum atomic E-state index is -0.663. The van der Waals surface area contributed by atoms with Crippen molar-refractivity contribution in [2.45, 2.75) is 39.2 Å². The van der Waals surface area contributed by atoms with Crippen molar-refractivity contribution in [3.63, 3.8) is 0 Å². The molecule has 1 atom stereocenters. The SMILES string of the molecule is CNCC(=O)NC(CC(C)C)C(=O)NCC(=O)N1CCC2(CC1)CN(C(=O)CN)C2. The molecular formula is C20H36N6O4. The molecule has 4 amide bonds. The van der Waals surface area contributed by atoms with Crippen LogP contribution in [0.3, 0.4) is 0 Å². The van der Waals surface area contributed by atoms with E-state index in [1.807, 2.05) is 13.8 Å². The van der Waals surface area contributed by atoms with Crippen LogP contribution < -0.4 is 21.7 Å². The number of hydrogen-bond donors (Lipinski definition) is 4. The molecule has 10 heteroatoms. The Labute approximate surface area is 178 Å². The number of carbonyl (C=O) groups excluding carboxylic acids is 4. The van der Waals surface area contributed by atoms with Crippen LogP contribution in [0.25, 0.3) is 0 Å². The summed E-state index contributed by atoms with van der Waals surface area (Å²) in [7, 11) is 1.66. The van der Waals surface area contributed by atoms with Gasteiger partial charge in [0.2, 0.25) is 23.6 Å². The van der Waals surface area contributed by atoms with Crippen molar-refractivity contribution in [2.24, 2.45) is 17.1 Å². The van der Waals surface area contributed by atoms with E-state index in [2.05, 4.69) is 16.0 Å². The number of hydrogen-bond acceptors (Lipinski definition) is 6. The van der Waals surface area contributed by atoms with Crippen LogP contribution in [0.1, 0.15) is 33.1 Å². The van der Waals surface area contributed by atoms with Gasteiger partial charge in [0, 0.05) is 31.6 Å². The van der Waals surface area contributed by atoms with E-state index in [9.17, 15) is 19.2 Å². The second-order valence-electron chi connectivity index (χ2n) is 8.83. The second-order valence-corrected chi connectivity index (χ2v) is 8.83. The molecule has 0 aliphatic carbocycles. The molecule has 10 nitrogen and oxygen atoms in total. The maximum atomic E-state index is 12.5. The van der Waals surface area contributed by atoms with Gasteiger partial charge in [-0.1, -0.05) is 13.8 Å². The Kier molecular flexibility index (Phi) is 8.60. The smallest absolute Gasteiger partial charge is 0.243 e. The number of likely N-dealkylation sites (tertiary alicyclic amines) is 2. The molecule has 2 fully saturated rings. The monoisotopic (exact) mass is 424 g/mol. The molecule has 30 heavy (non-hydrogen) atoms. The fraction of sp³-hybridized carbons (Fsp3) is 0.800. The van der Waals surface area contributed by atoms with Crippen LogP contribution in [0.5, 0.6) is 0 Å². The van der Waals surface area contributed by atoms with E-state index in [4.69, 9.17) is 5.73 Å². The van der Waals surface area contributed by atoms with Gasteiger partial charge in [-0.15, -0.1) is 0 Å². The maximum absolute atomic E-state index is 12.5. The number of likely N-dealkylation sites (N-methyl/N-ethyl adjacent to an activating group) is 1. The lowest BCUT2D eigenvalue weighted by atomic mass is 9.72. The van der Waals surface area contributed by atoms with Crippen LogP contribution in [-0.2, 0) is 19.2 Å². The van der Waals surface area contributed by atoms with Gasteiger partial charge in [0.1, 0.15) is 6.04 Å². The van der Waals surface area contributed by atoms with Crippen LogP contribution in [0, 0.1) is 11.3 Å². The van der Waals surface area contributed by atoms with E-state index < -0.39 is 6.04 Å². The average molecular weight is 425 g/mol.